The van der Waals surface area contributed by atoms with Crippen LogP contribution in [0.5, 0.6) is 5.75 Å². The van der Waals surface area contributed by atoms with Gasteiger partial charge < -0.3 is 15.0 Å². The van der Waals surface area contributed by atoms with Crippen molar-refractivity contribution >= 4 is 27.5 Å². The number of benzene rings is 1. The van der Waals surface area contributed by atoms with E-state index in [1.165, 1.54) is 22.6 Å². The second-order valence-corrected chi connectivity index (χ2v) is 9.60. The van der Waals surface area contributed by atoms with Gasteiger partial charge in [0.25, 0.3) is 11.8 Å². The second-order valence-electron chi connectivity index (χ2n) is 7.66. The van der Waals surface area contributed by atoms with Gasteiger partial charge in [-0.15, -0.1) is 0 Å². The molecular weight excluding hydrogens is 408 g/mol. The van der Waals surface area contributed by atoms with E-state index in [0.29, 0.717) is 17.0 Å². The Bertz CT molecular complexity index is 1090. The summed E-state index contributed by atoms with van der Waals surface area (Å²) in [7, 11) is -3.78. The van der Waals surface area contributed by atoms with Crippen molar-refractivity contribution in [2.24, 2.45) is 0 Å². The Balaban J connectivity index is 1.48. The topological polar surface area (TPSA) is 109 Å². The number of hydrogen-bond acceptors (Lipinski definition) is 6. The maximum absolute atomic E-state index is 13.1. The molecule has 2 aliphatic heterocycles. The number of fused-ring (bicyclic) bond motifs is 1. The van der Waals surface area contributed by atoms with E-state index in [-0.39, 0.29) is 42.9 Å². The third kappa shape index (κ3) is 3.63. The molecule has 0 aliphatic carbocycles. The lowest BCUT2D eigenvalue weighted by Crippen LogP contribution is -2.50. The number of sulfonamides is 1. The number of nitrogens with one attached hydrogen (secondary N) is 1. The van der Waals surface area contributed by atoms with Crippen molar-refractivity contribution in [1.82, 2.24) is 14.2 Å². The minimum atomic E-state index is -3.78. The Kier molecular flexibility index (Phi) is 4.99. The predicted molar refractivity (Wildman–Crippen MR) is 109 cm³/mol. The lowest BCUT2D eigenvalue weighted by molar-refractivity contribution is -0.129. The van der Waals surface area contributed by atoms with Crippen LogP contribution in [-0.4, -0.2) is 66.2 Å². The molecule has 0 radical (unpaired) electrons. The van der Waals surface area contributed by atoms with Gasteiger partial charge in [0.2, 0.25) is 10.0 Å². The smallest absolute Gasteiger partial charge is 0.268 e. The summed E-state index contributed by atoms with van der Waals surface area (Å²) < 4.78 is 33.2. The number of hydrogen-bond donors (Lipinski definition) is 1. The number of ether oxygens (including phenoxy) is 1. The van der Waals surface area contributed by atoms with Crippen LogP contribution in [0.15, 0.2) is 47.6 Å². The molecule has 2 amide bonds. The number of piperazine rings is 1. The van der Waals surface area contributed by atoms with Gasteiger partial charge in [0.05, 0.1) is 16.1 Å². The number of aromatic nitrogens is 1. The zero-order valence-electron chi connectivity index (χ0n) is 16.7. The molecule has 1 aromatic heterocycles. The van der Waals surface area contributed by atoms with Crippen LogP contribution in [0.4, 0.5) is 5.69 Å². The number of nitrogens with zero attached hydrogens (tertiary/aromatic N) is 3. The summed E-state index contributed by atoms with van der Waals surface area (Å²) in [5, 5.41) is 2.70. The van der Waals surface area contributed by atoms with E-state index in [4.69, 9.17) is 4.74 Å². The lowest BCUT2D eigenvalue weighted by Gasteiger charge is -2.34. The Hall–Kier alpha value is -2.98. The summed E-state index contributed by atoms with van der Waals surface area (Å²) in [5.74, 6) is -0.0890. The summed E-state index contributed by atoms with van der Waals surface area (Å²) in [6.07, 6.45) is 3.09. The van der Waals surface area contributed by atoms with Crippen molar-refractivity contribution in [3.63, 3.8) is 0 Å². The molecule has 0 bridgehead atoms. The van der Waals surface area contributed by atoms with Gasteiger partial charge >= 0.3 is 0 Å². The number of rotatable bonds is 3. The summed E-state index contributed by atoms with van der Waals surface area (Å²) in [6.45, 7) is 4.21. The molecule has 1 saturated heterocycles. The van der Waals surface area contributed by atoms with Crippen molar-refractivity contribution < 1.29 is 22.7 Å². The highest BCUT2D eigenvalue weighted by molar-refractivity contribution is 7.89. The van der Waals surface area contributed by atoms with E-state index in [1.807, 2.05) is 0 Å². The fraction of sp³-hybridized carbons (Fsp3) is 0.350. The summed E-state index contributed by atoms with van der Waals surface area (Å²) in [6, 6.07) is 7.79. The average molecular weight is 430 g/mol. The molecule has 2 aromatic rings. The first-order valence-electron chi connectivity index (χ1n) is 9.52. The second kappa shape index (κ2) is 7.37. The maximum Gasteiger partial charge on any atom is 0.268 e. The number of carbonyl (C=O) groups excluding carboxylic acids is 2. The maximum atomic E-state index is 13.1. The molecule has 0 atom stereocenters. The van der Waals surface area contributed by atoms with Crippen LogP contribution in [-0.2, 0) is 14.8 Å². The van der Waals surface area contributed by atoms with Crippen LogP contribution in [0, 0.1) is 0 Å². The van der Waals surface area contributed by atoms with E-state index in [1.54, 1.807) is 43.1 Å². The average Bonchev–Trinajstić information content (AvgIpc) is 2.74. The Morgan fingerprint density at radius 1 is 1.17 bits per heavy atom. The number of carbonyl (C=O) groups is 2. The Labute approximate surface area is 174 Å². The van der Waals surface area contributed by atoms with E-state index in [0.717, 1.165) is 0 Å². The molecule has 4 rings (SSSR count). The highest BCUT2D eigenvalue weighted by atomic mass is 32.2. The standard InChI is InChI=1S/C20H22N4O5S/c1-20(2)19(26)22-16-12-15(5-6-17(16)29-20)30(27,28)24-10-8-23(9-11-24)18(25)14-4-3-7-21-13-14/h3-7,12-13H,8-11H2,1-2H3,(H,22,26). The Morgan fingerprint density at radius 3 is 2.57 bits per heavy atom. The van der Waals surface area contributed by atoms with Gasteiger partial charge in [-0.05, 0) is 44.2 Å². The van der Waals surface area contributed by atoms with Gasteiger partial charge in [0, 0.05) is 38.6 Å². The van der Waals surface area contributed by atoms with E-state index in [9.17, 15) is 18.0 Å². The van der Waals surface area contributed by atoms with Crippen LogP contribution in [0.3, 0.4) is 0 Å². The number of amides is 2. The molecule has 0 spiro atoms. The molecule has 1 N–H and O–H groups in total. The van der Waals surface area contributed by atoms with E-state index >= 15 is 0 Å². The highest BCUT2D eigenvalue weighted by Gasteiger charge is 2.37. The largest absolute Gasteiger partial charge is 0.476 e. The highest BCUT2D eigenvalue weighted by Crippen LogP contribution is 2.35. The third-order valence-electron chi connectivity index (χ3n) is 5.18. The normalized spacial score (nSPS) is 18.9. The van der Waals surface area contributed by atoms with Crippen molar-refractivity contribution in [1.29, 1.82) is 0 Å². The van der Waals surface area contributed by atoms with Crippen LogP contribution < -0.4 is 10.1 Å². The molecule has 0 unspecified atom stereocenters. The third-order valence-corrected chi connectivity index (χ3v) is 7.08. The van der Waals surface area contributed by atoms with Crippen LogP contribution in [0.1, 0.15) is 24.2 Å². The summed E-state index contributed by atoms with van der Waals surface area (Å²) in [5.41, 5.74) is -0.224. The first-order valence-corrected chi connectivity index (χ1v) is 11.0. The van der Waals surface area contributed by atoms with Crippen molar-refractivity contribution in [2.75, 3.05) is 31.5 Å². The van der Waals surface area contributed by atoms with Gasteiger partial charge in [0.15, 0.2) is 5.60 Å². The fourth-order valence-electron chi connectivity index (χ4n) is 3.40. The predicted octanol–water partition coefficient (Wildman–Crippen LogP) is 1.34. The van der Waals surface area contributed by atoms with Gasteiger partial charge in [-0.2, -0.15) is 4.31 Å². The lowest BCUT2D eigenvalue weighted by atomic mass is 10.1. The van der Waals surface area contributed by atoms with Crippen LogP contribution in [0.2, 0.25) is 0 Å². The Morgan fingerprint density at radius 2 is 1.90 bits per heavy atom. The van der Waals surface area contributed by atoms with E-state index in [2.05, 4.69) is 10.3 Å². The SMILES string of the molecule is CC1(C)Oc2ccc(S(=O)(=O)N3CCN(C(=O)c4cccnc4)CC3)cc2NC1=O. The molecule has 30 heavy (non-hydrogen) atoms. The zero-order valence-corrected chi connectivity index (χ0v) is 17.5. The first kappa shape index (κ1) is 20.3. The number of pyridine rings is 1. The zero-order chi connectivity index (χ0) is 21.5. The van der Waals surface area contributed by atoms with Gasteiger partial charge in [-0.25, -0.2) is 8.42 Å². The van der Waals surface area contributed by atoms with Crippen molar-refractivity contribution in [3.05, 3.63) is 48.3 Å². The first-order chi connectivity index (χ1) is 14.2. The fourth-order valence-corrected chi connectivity index (χ4v) is 4.85. The molecule has 0 saturated carbocycles. The van der Waals surface area contributed by atoms with Gasteiger partial charge in [-0.3, -0.25) is 14.6 Å². The number of anilines is 1. The van der Waals surface area contributed by atoms with Crippen LogP contribution in [0.25, 0.3) is 0 Å². The minimum absolute atomic E-state index is 0.0666. The molecule has 158 valence electrons. The molecule has 2 aliphatic rings. The molecule has 10 heteroatoms. The molecule has 3 heterocycles. The minimum Gasteiger partial charge on any atom is -0.476 e. The van der Waals surface area contributed by atoms with Crippen molar-refractivity contribution in [2.45, 2.75) is 24.3 Å². The molecule has 1 fully saturated rings. The monoisotopic (exact) mass is 430 g/mol. The van der Waals surface area contributed by atoms with Crippen molar-refractivity contribution in [3.8, 4) is 5.75 Å². The molecular formula is C20H22N4O5S. The quantitative estimate of drug-likeness (QED) is 0.787. The van der Waals surface area contributed by atoms with E-state index < -0.39 is 15.6 Å². The molecule has 1 aromatic carbocycles. The van der Waals surface area contributed by atoms with Crippen LogP contribution >= 0.6 is 0 Å². The molecule has 9 nitrogen and oxygen atoms in total. The summed E-state index contributed by atoms with van der Waals surface area (Å²) in [4.78, 5) is 30.3. The summed E-state index contributed by atoms with van der Waals surface area (Å²) >= 11 is 0. The van der Waals surface area contributed by atoms with Gasteiger partial charge in [0.1, 0.15) is 5.75 Å². The van der Waals surface area contributed by atoms with Gasteiger partial charge in [-0.1, -0.05) is 0 Å².